The summed E-state index contributed by atoms with van der Waals surface area (Å²) in [5, 5.41) is 11.4. The molecule has 23 heavy (non-hydrogen) atoms. The molecule has 1 aromatic heterocycles. The number of carbonyl (C=O) groups is 2. The zero-order chi connectivity index (χ0) is 16.8. The van der Waals surface area contributed by atoms with E-state index in [0.29, 0.717) is 17.3 Å². The molecule has 0 aliphatic heterocycles. The van der Waals surface area contributed by atoms with E-state index in [1.807, 2.05) is 0 Å². The summed E-state index contributed by atoms with van der Waals surface area (Å²) in [5.74, 6) is -1.26. The second-order valence-electron chi connectivity index (χ2n) is 5.03. The van der Waals surface area contributed by atoms with E-state index in [2.05, 4.69) is 10.3 Å². The van der Waals surface area contributed by atoms with Crippen LogP contribution in [0.15, 0.2) is 33.9 Å². The molecule has 0 spiro atoms. The lowest BCUT2D eigenvalue weighted by Gasteiger charge is -2.07. The van der Waals surface area contributed by atoms with Gasteiger partial charge in [-0.05, 0) is 18.6 Å². The lowest BCUT2D eigenvalue weighted by molar-refractivity contribution is -0.137. The van der Waals surface area contributed by atoms with Crippen LogP contribution in [0.2, 0.25) is 0 Å². The number of aromatic amines is 1. The molecule has 0 unspecified atom stereocenters. The first-order chi connectivity index (χ1) is 11.0. The number of H-pyrrole nitrogens is 1. The number of hydrogen-bond donors (Lipinski definition) is 3. The van der Waals surface area contributed by atoms with Crippen molar-refractivity contribution in [1.29, 1.82) is 0 Å². The number of hydrogen-bond acceptors (Lipinski definition) is 4. The molecule has 1 heterocycles. The standard InChI is InChI=1S/C15H17N3O5/c19-12(16-8-3-6-13(20)21)7-9-18-14(22)10-4-1-2-5-11(10)17-15(18)23/h1-2,4-5H,3,6-9H2,(H,16,19)(H,17,23)(H,20,21). The molecule has 0 aliphatic rings. The third kappa shape index (κ3) is 4.29. The normalized spacial score (nSPS) is 10.6. The van der Waals surface area contributed by atoms with Crippen LogP contribution in [0, 0.1) is 0 Å². The Hall–Kier alpha value is -2.90. The topological polar surface area (TPSA) is 121 Å². The summed E-state index contributed by atoms with van der Waals surface area (Å²) in [7, 11) is 0. The first-order valence-electron chi connectivity index (χ1n) is 7.19. The highest BCUT2D eigenvalue weighted by Crippen LogP contribution is 2.03. The van der Waals surface area contributed by atoms with Gasteiger partial charge in [-0.1, -0.05) is 12.1 Å². The third-order valence-corrected chi connectivity index (χ3v) is 3.34. The summed E-state index contributed by atoms with van der Waals surface area (Å²) in [6.07, 6.45) is 0.274. The van der Waals surface area contributed by atoms with Gasteiger partial charge in [0.05, 0.1) is 10.9 Å². The van der Waals surface area contributed by atoms with Crippen LogP contribution in [-0.4, -0.2) is 33.1 Å². The van der Waals surface area contributed by atoms with Crippen molar-refractivity contribution in [3.63, 3.8) is 0 Å². The first kappa shape index (κ1) is 16.5. The Morgan fingerprint density at radius 1 is 1.17 bits per heavy atom. The van der Waals surface area contributed by atoms with Gasteiger partial charge in [0.25, 0.3) is 5.56 Å². The van der Waals surface area contributed by atoms with E-state index >= 15 is 0 Å². The van der Waals surface area contributed by atoms with E-state index < -0.39 is 17.2 Å². The van der Waals surface area contributed by atoms with Gasteiger partial charge < -0.3 is 15.4 Å². The predicted octanol–water partition coefficient (Wildman–Crippen LogP) is 0.0609. The molecular formula is C15H17N3O5. The number of carboxylic acids is 1. The largest absolute Gasteiger partial charge is 0.481 e. The number of para-hydroxylation sites is 1. The van der Waals surface area contributed by atoms with Crippen LogP contribution in [0.3, 0.4) is 0 Å². The minimum absolute atomic E-state index is 0.0237. The molecule has 0 saturated heterocycles. The smallest absolute Gasteiger partial charge is 0.328 e. The fraction of sp³-hybridized carbons (Fsp3) is 0.333. The van der Waals surface area contributed by atoms with Crippen LogP contribution in [0.1, 0.15) is 19.3 Å². The molecule has 122 valence electrons. The van der Waals surface area contributed by atoms with Crippen molar-refractivity contribution >= 4 is 22.8 Å². The average molecular weight is 319 g/mol. The Labute approximate surface area is 130 Å². The average Bonchev–Trinajstić information content (AvgIpc) is 2.51. The van der Waals surface area contributed by atoms with Crippen molar-refractivity contribution in [3.8, 4) is 0 Å². The number of aromatic nitrogens is 2. The molecule has 2 aromatic rings. The van der Waals surface area contributed by atoms with E-state index in [1.54, 1.807) is 24.3 Å². The SMILES string of the molecule is O=C(O)CCCNC(=O)CCn1c(=O)[nH]c2ccccc2c1=O. The number of fused-ring (bicyclic) bond motifs is 1. The van der Waals surface area contributed by atoms with Crippen molar-refractivity contribution in [1.82, 2.24) is 14.9 Å². The summed E-state index contributed by atoms with van der Waals surface area (Å²) in [6.45, 7) is 0.206. The molecule has 1 aromatic carbocycles. The van der Waals surface area contributed by atoms with Crippen molar-refractivity contribution in [3.05, 3.63) is 45.1 Å². The highest BCUT2D eigenvalue weighted by atomic mass is 16.4. The Morgan fingerprint density at radius 2 is 1.91 bits per heavy atom. The first-order valence-corrected chi connectivity index (χ1v) is 7.19. The molecule has 8 nitrogen and oxygen atoms in total. The summed E-state index contributed by atoms with van der Waals surface area (Å²) >= 11 is 0. The minimum Gasteiger partial charge on any atom is -0.481 e. The van der Waals surface area contributed by atoms with E-state index in [4.69, 9.17) is 5.11 Å². The molecule has 0 bridgehead atoms. The molecule has 8 heteroatoms. The summed E-state index contributed by atoms with van der Waals surface area (Å²) < 4.78 is 0.985. The molecule has 2 rings (SSSR count). The van der Waals surface area contributed by atoms with E-state index in [1.165, 1.54) is 0 Å². The Morgan fingerprint density at radius 3 is 2.65 bits per heavy atom. The molecule has 3 N–H and O–H groups in total. The van der Waals surface area contributed by atoms with Crippen LogP contribution in [0.5, 0.6) is 0 Å². The van der Waals surface area contributed by atoms with Gasteiger partial charge in [0.1, 0.15) is 0 Å². The van der Waals surface area contributed by atoms with Gasteiger partial charge in [-0.2, -0.15) is 0 Å². The highest BCUT2D eigenvalue weighted by Gasteiger charge is 2.09. The zero-order valence-electron chi connectivity index (χ0n) is 12.4. The van der Waals surface area contributed by atoms with Gasteiger partial charge in [0.15, 0.2) is 0 Å². The lowest BCUT2D eigenvalue weighted by atomic mass is 10.2. The Bertz CT molecular complexity index is 837. The molecule has 1 amide bonds. The van der Waals surface area contributed by atoms with Crippen molar-refractivity contribution in [2.45, 2.75) is 25.8 Å². The van der Waals surface area contributed by atoms with Crippen LogP contribution < -0.4 is 16.6 Å². The van der Waals surface area contributed by atoms with Crippen LogP contribution in [-0.2, 0) is 16.1 Å². The van der Waals surface area contributed by atoms with Gasteiger partial charge in [-0.3, -0.25) is 19.0 Å². The van der Waals surface area contributed by atoms with E-state index in [9.17, 15) is 19.2 Å². The maximum atomic E-state index is 12.2. The number of carbonyl (C=O) groups excluding carboxylic acids is 1. The number of aliphatic carboxylic acids is 1. The molecule has 0 aliphatic carbocycles. The Kier molecular flexibility index (Phi) is 5.29. The third-order valence-electron chi connectivity index (χ3n) is 3.34. The van der Waals surface area contributed by atoms with Crippen LogP contribution in [0.25, 0.3) is 10.9 Å². The number of nitrogens with one attached hydrogen (secondary N) is 2. The van der Waals surface area contributed by atoms with Gasteiger partial charge in [0, 0.05) is 25.9 Å². The van der Waals surface area contributed by atoms with Gasteiger partial charge in [-0.25, -0.2) is 4.79 Å². The molecule has 0 atom stereocenters. The fourth-order valence-corrected chi connectivity index (χ4v) is 2.17. The minimum atomic E-state index is -0.923. The summed E-state index contributed by atoms with van der Waals surface area (Å²) in [5.41, 5.74) is -0.549. The van der Waals surface area contributed by atoms with Crippen LogP contribution in [0.4, 0.5) is 0 Å². The van der Waals surface area contributed by atoms with Crippen molar-refractivity contribution in [2.75, 3.05) is 6.54 Å². The second-order valence-corrected chi connectivity index (χ2v) is 5.03. The monoisotopic (exact) mass is 319 g/mol. The number of amides is 1. The molecular weight excluding hydrogens is 302 g/mol. The summed E-state index contributed by atoms with van der Waals surface area (Å²) in [4.78, 5) is 48.8. The maximum Gasteiger partial charge on any atom is 0.328 e. The molecule has 0 radical (unpaired) electrons. The van der Waals surface area contributed by atoms with Gasteiger partial charge >= 0.3 is 11.7 Å². The summed E-state index contributed by atoms with van der Waals surface area (Å²) in [6, 6.07) is 6.65. The zero-order valence-corrected chi connectivity index (χ0v) is 12.4. The van der Waals surface area contributed by atoms with E-state index in [0.717, 1.165) is 4.57 Å². The van der Waals surface area contributed by atoms with Gasteiger partial charge in [0.2, 0.25) is 5.91 Å². The maximum absolute atomic E-state index is 12.2. The van der Waals surface area contributed by atoms with Crippen LogP contribution >= 0.6 is 0 Å². The fourth-order valence-electron chi connectivity index (χ4n) is 2.17. The number of benzene rings is 1. The molecule has 0 saturated carbocycles. The number of carboxylic acid groups (broad SMARTS) is 1. The quantitative estimate of drug-likeness (QED) is 0.623. The number of nitrogens with zero attached hydrogens (tertiary/aromatic N) is 1. The van der Waals surface area contributed by atoms with Crippen molar-refractivity contribution < 1.29 is 14.7 Å². The molecule has 0 fully saturated rings. The Balaban J connectivity index is 1.99. The predicted molar refractivity (Wildman–Crippen MR) is 83.3 cm³/mol. The van der Waals surface area contributed by atoms with Gasteiger partial charge in [-0.15, -0.1) is 0 Å². The second kappa shape index (κ2) is 7.39. The van der Waals surface area contributed by atoms with Crippen molar-refractivity contribution in [2.24, 2.45) is 0 Å². The number of rotatable bonds is 7. The lowest BCUT2D eigenvalue weighted by Crippen LogP contribution is -2.37. The van der Waals surface area contributed by atoms with E-state index in [-0.39, 0.29) is 31.8 Å². The highest BCUT2D eigenvalue weighted by molar-refractivity contribution is 5.77.